The number of phenolic OH excluding ortho intramolecular Hbond substituents is 1. The molecule has 0 aliphatic rings. The molecule has 1 aromatic heterocycles. The second kappa shape index (κ2) is 14.4. The number of hydrogen-bond acceptors (Lipinski definition) is 7. The van der Waals surface area contributed by atoms with Gasteiger partial charge >= 0.3 is 5.97 Å². The van der Waals surface area contributed by atoms with Gasteiger partial charge in [0.1, 0.15) is 23.9 Å². The van der Waals surface area contributed by atoms with Crippen LogP contribution in [0.15, 0.2) is 54.7 Å². The molecule has 0 aliphatic carbocycles. The zero-order chi connectivity index (χ0) is 29.2. The predicted molar refractivity (Wildman–Crippen MR) is 154 cm³/mol. The third-order valence-electron chi connectivity index (χ3n) is 6.43. The number of carbonyl (C=O) groups is 4. The maximum Gasteiger partial charge on any atom is 0.325 e. The number of para-hydroxylation sites is 1. The summed E-state index contributed by atoms with van der Waals surface area (Å²) < 4.78 is 0. The third kappa shape index (κ3) is 8.48. The Morgan fingerprint density at radius 2 is 1.57 bits per heavy atom. The van der Waals surface area contributed by atoms with E-state index >= 15 is 0 Å². The number of aromatic amines is 1. The Hall–Kier alpha value is -4.03. The van der Waals surface area contributed by atoms with Crippen LogP contribution in [0.5, 0.6) is 5.75 Å². The van der Waals surface area contributed by atoms with Crippen LogP contribution >= 0.6 is 11.8 Å². The lowest BCUT2D eigenvalue weighted by Crippen LogP contribution is -2.57. The van der Waals surface area contributed by atoms with Crippen LogP contribution in [0.3, 0.4) is 0 Å². The zero-order valence-electron chi connectivity index (χ0n) is 22.3. The number of phenols is 1. The normalized spacial score (nSPS) is 14.1. The fraction of sp³-hybridized carbons (Fsp3) is 0.357. The van der Waals surface area contributed by atoms with Crippen molar-refractivity contribution in [3.05, 3.63) is 65.9 Å². The Balaban J connectivity index is 1.73. The van der Waals surface area contributed by atoms with E-state index < -0.39 is 47.9 Å². The van der Waals surface area contributed by atoms with Crippen molar-refractivity contribution in [2.24, 2.45) is 5.73 Å². The molecule has 3 rings (SSSR count). The van der Waals surface area contributed by atoms with Gasteiger partial charge in [0.25, 0.3) is 0 Å². The first-order valence-corrected chi connectivity index (χ1v) is 14.2. The first-order chi connectivity index (χ1) is 19.1. The average Bonchev–Trinajstić information content (AvgIpc) is 3.34. The van der Waals surface area contributed by atoms with Crippen molar-refractivity contribution in [1.82, 2.24) is 20.9 Å². The van der Waals surface area contributed by atoms with E-state index in [-0.39, 0.29) is 25.0 Å². The van der Waals surface area contributed by atoms with Gasteiger partial charge in [0.05, 0.1) is 6.04 Å². The number of aromatic nitrogens is 1. The zero-order valence-corrected chi connectivity index (χ0v) is 23.2. The lowest BCUT2D eigenvalue weighted by molar-refractivity contribution is -0.141. The van der Waals surface area contributed by atoms with E-state index in [1.54, 1.807) is 18.3 Å². The fourth-order valence-electron chi connectivity index (χ4n) is 4.14. The number of rotatable bonds is 14. The van der Waals surface area contributed by atoms with Crippen LogP contribution in [-0.2, 0) is 32.0 Å². The van der Waals surface area contributed by atoms with Crippen molar-refractivity contribution in [2.75, 3.05) is 12.0 Å². The van der Waals surface area contributed by atoms with Crippen LogP contribution in [0.2, 0.25) is 0 Å². The van der Waals surface area contributed by atoms with E-state index in [2.05, 4.69) is 20.9 Å². The number of carbonyl (C=O) groups excluding carboxylic acids is 3. The topological polar surface area (TPSA) is 187 Å². The van der Waals surface area contributed by atoms with Crippen molar-refractivity contribution < 1.29 is 29.4 Å². The highest BCUT2D eigenvalue weighted by molar-refractivity contribution is 7.98. The smallest absolute Gasteiger partial charge is 0.325 e. The molecule has 0 fully saturated rings. The molecule has 214 valence electrons. The molecule has 8 N–H and O–H groups in total. The summed E-state index contributed by atoms with van der Waals surface area (Å²) in [5.74, 6) is -2.42. The van der Waals surface area contributed by atoms with Gasteiger partial charge in [-0.15, -0.1) is 0 Å². The summed E-state index contributed by atoms with van der Waals surface area (Å²) in [7, 11) is 0. The number of fused-ring (bicyclic) bond motifs is 1. The molecule has 12 heteroatoms. The average molecular weight is 570 g/mol. The van der Waals surface area contributed by atoms with Gasteiger partial charge in [-0.25, -0.2) is 0 Å². The monoisotopic (exact) mass is 569 g/mol. The van der Waals surface area contributed by atoms with E-state index in [0.717, 1.165) is 16.5 Å². The highest BCUT2D eigenvalue weighted by atomic mass is 32.2. The molecule has 0 saturated heterocycles. The standard InChI is InChI=1S/C28H35N5O6S/c1-16(28(38)39)31-27(37)24(13-17-7-9-19(34)10-8-17)33-26(36)23(11-12-40-2)32-25(35)21(29)14-18-15-30-22-6-4-3-5-20(18)22/h3-10,15-16,21,23-24,30,34H,11-14,29H2,1-2H3,(H,31,37)(H,32,35)(H,33,36)(H,38,39). The van der Waals surface area contributed by atoms with Crippen molar-refractivity contribution >= 4 is 46.4 Å². The van der Waals surface area contributed by atoms with E-state index in [4.69, 9.17) is 5.73 Å². The van der Waals surface area contributed by atoms with Gasteiger partial charge in [0.15, 0.2) is 0 Å². The van der Waals surface area contributed by atoms with E-state index in [0.29, 0.717) is 11.3 Å². The van der Waals surface area contributed by atoms with Crippen molar-refractivity contribution in [3.8, 4) is 5.75 Å². The maximum absolute atomic E-state index is 13.4. The molecule has 11 nitrogen and oxygen atoms in total. The number of carboxylic acids is 1. The second-order valence-corrected chi connectivity index (χ2v) is 10.5. The lowest BCUT2D eigenvalue weighted by Gasteiger charge is -2.25. The van der Waals surface area contributed by atoms with Gasteiger partial charge in [0.2, 0.25) is 17.7 Å². The van der Waals surface area contributed by atoms with Gasteiger partial charge < -0.3 is 36.9 Å². The molecule has 0 aliphatic heterocycles. The van der Waals surface area contributed by atoms with Gasteiger partial charge in [-0.1, -0.05) is 30.3 Å². The van der Waals surface area contributed by atoms with Crippen molar-refractivity contribution in [1.29, 1.82) is 0 Å². The molecule has 3 amide bonds. The van der Waals surface area contributed by atoms with Crippen molar-refractivity contribution in [2.45, 2.75) is 50.4 Å². The number of carboxylic acid groups (broad SMARTS) is 1. The predicted octanol–water partition coefficient (Wildman–Crippen LogP) is 1.30. The molecular weight excluding hydrogens is 534 g/mol. The molecule has 0 bridgehead atoms. The molecule has 0 radical (unpaired) electrons. The summed E-state index contributed by atoms with van der Waals surface area (Å²) >= 11 is 1.49. The number of hydrogen-bond donors (Lipinski definition) is 7. The van der Waals surface area contributed by atoms with E-state index in [9.17, 15) is 29.4 Å². The lowest BCUT2D eigenvalue weighted by atomic mass is 10.0. The molecule has 4 unspecified atom stereocenters. The van der Waals surface area contributed by atoms with Crippen LogP contribution in [0, 0.1) is 0 Å². The largest absolute Gasteiger partial charge is 0.508 e. The summed E-state index contributed by atoms with van der Waals surface area (Å²) in [6.07, 6.45) is 4.25. The van der Waals surface area contributed by atoms with Gasteiger partial charge in [-0.2, -0.15) is 11.8 Å². The Labute approximate surface area is 236 Å². The molecule has 0 saturated carbocycles. The quantitative estimate of drug-likeness (QED) is 0.151. The highest BCUT2D eigenvalue weighted by Crippen LogP contribution is 2.19. The van der Waals surface area contributed by atoms with Crippen molar-refractivity contribution in [3.63, 3.8) is 0 Å². The summed E-state index contributed by atoms with van der Waals surface area (Å²) in [5, 5.41) is 27.5. The van der Waals surface area contributed by atoms with Crippen LogP contribution in [0.25, 0.3) is 10.9 Å². The Bertz CT molecular complexity index is 1330. The van der Waals surface area contributed by atoms with Gasteiger partial charge in [-0.05, 0) is 61.1 Å². The maximum atomic E-state index is 13.4. The molecule has 3 aromatic rings. The molecular formula is C28H35N5O6S. The summed E-state index contributed by atoms with van der Waals surface area (Å²) in [6.45, 7) is 1.32. The molecule has 2 aromatic carbocycles. The van der Waals surface area contributed by atoms with Crippen LogP contribution < -0.4 is 21.7 Å². The van der Waals surface area contributed by atoms with Crippen LogP contribution in [0.1, 0.15) is 24.5 Å². The van der Waals surface area contributed by atoms with E-state index in [1.165, 1.54) is 30.8 Å². The number of thioether (sulfide) groups is 1. The number of nitrogens with two attached hydrogens (primary N) is 1. The minimum Gasteiger partial charge on any atom is -0.508 e. The minimum absolute atomic E-state index is 0.0352. The van der Waals surface area contributed by atoms with E-state index in [1.807, 2.05) is 30.5 Å². The Kier molecular flexibility index (Phi) is 11.0. The van der Waals surface area contributed by atoms with Crippen LogP contribution in [-0.4, -0.2) is 75.1 Å². The number of benzene rings is 2. The highest BCUT2D eigenvalue weighted by Gasteiger charge is 2.29. The summed E-state index contributed by atoms with van der Waals surface area (Å²) in [4.78, 5) is 53.8. The first kappa shape index (κ1) is 30.5. The molecule has 0 spiro atoms. The third-order valence-corrected chi connectivity index (χ3v) is 7.08. The number of aromatic hydroxyl groups is 1. The SMILES string of the molecule is CSCCC(NC(=O)C(N)Cc1c[nH]c2ccccc12)C(=O)NC(Cc1ccc(O)cc1)C(=O)NC(C)C(=O)O. The minimum atomic E-state index is -1.22. The molecule has 40 heavy (non-hydrogen) atoms. The number of amides is 3. The van der Waals surface area contributed by atoms with Gasteiger partial charge in [0, 0.05) is 23.5 Å². The number of aliphatic carboxylic acids is 1. The summed E-state index contributed by atoms with van der Waals surface area (Å²) in [6, 6.07) is 9.55. The molecule has 4 atom stereocenters. The van der Waals surface area contributed by atoms with Gasteiger partial charge in [-0.3, -0.25) is 19.2 Å². The number of H-pyrrole nitrogens is 1. The fourth-order valence-corrected chi connectivity index (χ4v) is 4.61. The summed E-state index contributed by atoms with van der Waals surface area (Å²) in [5.41, 5.74) is 8.66. The Morgan fingerprint density at radius 1 is 0.925 bits per heavy atom. The number of nitrogens with one attached hydrogen (secondary N) is 4. The van der Waals surface area contributed by atoms with Crippen LogP contribution in [0.4, 0.5) is 0 Å². The molecule has 1 heterocycles. The Morgan fingerprint density at radius 3 is 2.25 bits per heavy atom. The first-order valence-electron chi connectivity index (χ1n) is 12.8. The second-order valence-electron chi connectivity index (χ2n) is 9.51.